The Balaban J connectivity index is 1.82. The van der Waals surface area contributed by atoms with Crippen molar-refractivity contribution in [3.8, 4) is 23.0 Å². The fourth-order valence-electron chi connectivity index (χ4n) is 5.38. The summed E-state index contributed by atoms with van der Waals surface area (Å²) in [5.41, 5.74) is 9.52. The number of amides is 2. The Morgan fingerprint density at radius 2 is 1.30 bits per heavy atom. The quantitative estimate of drug-likeness (QED) is 0.254. The van der Waals surface area contributed by atoms with Gasteiger partial charge < -0.3 is 34.2 Å². The molecule has 2 amide bonds. The van der Waals surface area contributed by atoms with Gasteiger partial charge in [-0.05, 0) is 25.0 Å². The van der Waals surface area contributed by atoms with Gasteiger partial charge in [-0.1, -0.05) is 13.8 Å². The van der Waals surface area contributed by atoms with E-state index in [-0.39, 0.29) is 11.1 Å². The second-order valence-electron chi connectivity index (χ2n) is 9.95. The van der Waals surface area contributed by atoms with Gasteiger partial charge in [-0.15, -0.1) is 0 Å². The summed E-state index contributed by atoms with van der Waals surface area (Å²) in [4.78, 5) is 30.0. The van der Waals surface area contributed by atoms with E-state index in [0.29, 0.717) is 40.7 Å². The van der Waals surface area contributed by atoms with Gasteiger partial charge in [0.1, 0.15) is 0 Å². The van der Waals surface area contributed by atoms with Crippen molar-refractivity contribution in [1.29, 1.82) is 0 Å². The number of aromatic amines is 1. The summed E-state index contributed by atoms with van der Waals surface area (Å²) >= 11 is 0. The van der Waals surface area contributed by atoms with E-state index in [1.54, 1.807) is 46.8 Å². The van der Waals surface area contributed by atoms with Crippen LogP contribution in [0.2, 0.25) is 0 Å². The number of hydrogen-bond acceptors (Lipinski definition) is 7. The molecule has 0 bridgehead atoms. The van der Waals surface area contributed by atoms with Crippen molar-refractivity contribution < 1.29 is 28.5 Å². The van der Waals surface area contributed by atoms with E-state index in [4.69, 9.17) is 24.7 Å². The molecule has 2 aromatic heterocycles. The highest BCUT2D eigenvalue weighted by molar-refractivity contribution is 6.50. The number of aromatic nitrogens is 2. The second-order valence-corrected chi connectivity index (χ2v) is 9.95. The molecule has 10 heteroatoms. The summed E-state index contributed by atoms with van der Waals surface area (Å²) in [6.07, 6.45) is 5.14. The molecule has 1 aliphatic heterocycles. The minimum atomic E-state index is -0.479. The lowest BCUT2D eigenvalue weighted by Crippen LogP contribution is -2.42. The normalized spacial score (nSPS) is 13.9. The minimum Gasteiger partial charge on any atom is -0.493 e. The lowest BCUT2D eigenvalue weighted by molar-refractivity contribution is -0.122. The van der Waals surface area contributed by atoms with Crippen LogP contribution >= 0.6 is 0 Å². The van der Waals surface area contributed by atoms with E-state index in [2.05, 4.69) is 24.1 Å². The standard InChI is InChI=1S/C30H34N4O6/c1-7-30(31,8-2)15-34-14-19(17-10-23(38-4)25(40-6)12-21(17)34)27-26(28(35)33-29(27)36)18-13-32-20-11-24(39-5)22(37-3)9-16(18)20/h9-14,32H,7-8,15,31H2,1-6H3,(H,33,35,36). The van der Waals surface area contributed by atoms with Crippen LogP contribution < -0.4 is 30.0 Å². The first-order valence-electron chi connectivity index (χ1n) is 13.1. The van der Waals surface area contributed by atoms with E-state index in [1.165, 1.54) is 0 Å². The Morgan fingerprint density at radius 1 is 0.775 bits per heavy atom. The summed E-state index contributed by atoms with van der Waals surface area (Å²) in [6.45, 7) is 4.63. The van der Waals surface area contributed by atoms with Gasteiger partial charge in [0.2, 0.25) is 0 Å². The lowest BCUT2D eigenvalue weighted by atomic mass is 9.94. The summed E-state index contributed by atoms with van der Waals surface area (Å²) in [5, 5.41) is 3.96. The molecule has 0 fully saturated rings. The maximum Gasteiger partial charge on any atom is 0.259 e. The molecule has 4 N–H and O–H groups in total. The largest absolute Gasteiger partial charge is 0.493 e. The molecule has 0 spiro atoms. The van der Waals surface area contributed by atoms with Crippen LogP contribution in [0.1, 0.15) is 37.8 Å². The van der Waals surface area contributed by atoms with Crippen molar-refractivity contribution in [2.45, 2.75) is 38.8 Å². The number of ether oxygens (including phenoxy) is 4. The van der Waals surface area contributed by atoms with Gasteiger partial charge in [-0.25, -0.2) is 0 Å². The number of methoxy groups -OCH3 is 4. The van der Waals surface area contributed by atoms with E-state index < -0.39 is 17.4 Å². The molecule has 10 nitrogen and oxygen atoms in total. The molecule has 2 aromatic carbocycles. The van der Waals surface area contributed by atoms with Gasteiger partial charge in [0.25, 0.3) is 11.8 Å². The highest BCUT2D eigenvalue weighted by Crippen LogP contribution is 2.43. The van der Waals surface area contributed by atoms with Gasteiger partial charge >= 0.3 is 0 Å². The van der Waals surface area contributed by atoms with Crippen molar-refractivity contribution in [1.82, 2.24) is 14.9 Å². The molecule has 0 saturated heterocycles. The highest BCUT2D eigenvalue weighted by atomic mass is 16.5. The van der Waals surface area contributed by atoms with Gasteiger partial charge in [-0.3, -0.25) is 14.9 Å². The first-order valence-corrected chi connectivity index (χ1v) is 13.1. The van der Waals surface area contributed by atoms with Crippen LogP contribution in [0, 0.1) is 0 Å². The fourth-order valence-corrected chi connectivity index (χ4v) is 5.38. The van der Waals surface area contributed by atoms with Crippen LogP contribution in [0.3, 0.4) is 0 Å². The molecule has 210 valence electrons. The van der Waals surface area contributed by atoms with E-state index >= 15 is 0 Å². The molecule has 0 saturated carbocycles. The first-order chi connectivity index (χ1) is 19.2. The van der Waals surface area contributed by atoms with Gasteiger partial charge in [0.05, 0.1) is 45.1 Å². The molecule has 5 rings (SSSR count). The third-order valence-corrected chi connectivity index (χ3v) is 7.94. The van der Waals surface area contributed by atoms with Crippen LogP contribution in [0.25, 0.3) is 33.0 Å². The predicted octanol–water partition coefficient (Wildman–Crippen LogP) is 4.24. The van der Waals surface area contributed by atoms with Crippen molar-refractivity contribution in [2.75, 3.05) is 28.4 Å². The van der Waals surface area contributed by atoms with E-state index in [1.807, 2.05) is 22.9 Å². The fraction of sp³-hybridized carbons (Fsp3) is 0.333. The van der Waals surface area contributed by atoms with E-state index in [9.17, 15) is 9.59 Å². The summed E-state index contributed by atoms with van der Waals surface area (Å²) in [6, 6.07) is 7.30. The Hall–Kier alpha value is -4.44. The Kier molecular flexibility index (Phi) is 6.97. The maximum absolute atomic E-state index is 13.4. The zero-order valence-electron chi connectivity index (χ0n) is 23.6. The topological polar surface area (TPSA) is 130 Å². The number of nitrogens with one attached hydrogen (secondary N) is 2. The minimum absolute atomic E-state index is 0.266. The molecule has 4 aromatic rings. The Labute approximate surface area is 232 Å². The lowest BCUT2D eigenvalue weighted by Gasteiger charge is -2.27. The number of carbonyl (C=O) groups excluding carboxylic acids is 2. The number of nitrogens with zero attached hydrogens (tertiary/aromatic N) is 1. The zero-order chi connectivity index (χ0) is 28.8. The average Bonchev–Trinajstić information content (AvgIpc) is 3.62. The van der Waals surface area contributed by atoms with Crippen molar-refractivity contribution in [3.63, 3.8) is 0 Å². The third kappa shape index (κ3) is 4.24. The molecule has 40 heavy (non-hydrogen) atoms. The number of nitrogens with two attached hydrogens (primary N) is 1. The molecule has 0 unspecified atom stereocenters. The number of hydrogen-bond donors (Lipinski definition) is 3. The van der Waals surface area contributed by atoms with Crippen molar-refractivity contribution in [3.05, 3.63) is 47.8 Å². The van der Waals surface area contributed by atoms with Crippen LogP contribution in [0.5, 0.6) is 23.0 Å². The Morgan fingerprint density at radius 3 is 1.88 bits per heavy atom. The number of benzene rings is 2. The SMILES string of the molecule is CCC(N)(CC)Cn1cc(C2=C(c3c[nH]c4cc(OC)c(OC)cc34)C(=O)NC2=O)c2cc(OC)c(OC)cc21. The number of rotatable bonds is 10. The number of carbonyl (C=O) groups is 2. The summed E-state index contributed by atoms with van der Waals surface area (Å²) < 4.78 is 24.1. The summed E-state index contributed by atoms with van der Waals surface area (Å²) in [5.74, 6) is 1.16. The molecule has 1 aliphatic rings. The molecule has 0 radical (unpaired) electrons. The van der Waals surface area contributed by atoms with Crippen LogP contribution in [-0.2, 0) is 16.1 Å². The van der Waals surface area contributed by atoms with Crippen molar-refractivity contribution in [2.24, 2.45) is 5.73 Å². The van der Waals surface area contributed by atoms with E-state index in [0.717, 1.165) is 34.6 Å². The number of imide groups is 1. The molecule has 0 aliphatic carbocycles. The highest BCUT2D eigenvalue weighted by Gasteiger charge is 2.36. The molecular weight excluding hydrogens is 512 g/mol. The van der Waals surface area contributed by atoms with Crippen molar-refractivity contribution >= 4 is 44.8 Å². The van der Waals surface area contributed by atoms with Gasteiger partial charge in [-0.2, -0.15) is 0 Å². The molecular formula is C30H34N4O6. The molecule has 0 atom stereocenters. The molecule has 3 heterocycles. The first kappa shape index (κ1) is 27.1. The van der Waals surface area contributed by atoms with Gasteiger partial charge in [0, 0.05) is 64.0 Å². The maximum atomic E-state index is 13.4. The van der Waals surface area contributed by atoms with Crippen LogP contribution in [0.4, 0.5) is 0 Å². The Bertz CT molecular complexity index is 1670. The van der Waals surface area contributed by atoms with Crippen LogP contribution in [-0.4, -0.2) is 55.3 Å². The monoisotopic (exact) mass is 546 g/mol. The third-order valence-electron chi connectivity index (χ3n) is 7.94. The zero-order valence-corrected chi connectivity index (χ0v) is 23.6. The number of fused-ring (bicyclic) bond motifs is 2. The second kappa shape index (κ2) is 10.3. The smallest absolute Gasteiger partial charge is 0.259 e. The van der Waals surface area contributed by atoms with Crippen LogP contribution in [0.15, 0.2) is 36.7 Å². The summed E-state index contributed by atoms with van der Waals surface area (Å²) in [7, 11) is 6.24. The number of H-pyrrole nitrogens is 1. The predicted molar refractivity (Wildman–Crippen MR) is 154 cm³/mol. The average molecular weight is 547 g/mol. The van der Waals surface area contributed by atoms with Gasteiger partial charge in [0.15, 0.2) is 23.0 Å².